The Hall–Kier alpha value is -3.70. The molecule has 2 aliphatic rings. The van der Waals surface area contributed by atoms with Crippen molar-refractivity contribution >= 4 is 28.3 Å². The van der Waals surface area contributed by atoms with E-state index in [-0.39, 0.29) is 11.3 Å². The molecule has 11 heteroatoms. The van der Waals surface area contributed by atoms with Gasteiger partial charge in [-0.3, -0.25) is 20.5 Å². The average Bonchev–Trinajstić information content (AvgIpc) is 3.55. The van der Waals surface area contributed by atoms with Gasteiger partial charge < -0.3 is 9.72 Å². The highest BCUT2D eigenvalue weighted by atomic mass is 19.2. The second kappa shape index (κ2) is 8.26. The van der Waals surface area contributed by atoms with Crippen LogP contribution in [-0.4, -0.2) is 56.3 Å². The number of amides is 1. The fourth-order valence-corrected chi connectivity index (χ4v) is 5.03. The first kappa shape index (κ1) is 20.9. The van der Waals surface area contributed by atoms with Crippen LogP contribution in [0.2, 0.25) is 0 Å². The SMILES string of the molecule is O=C(NNc1nc2cc(F)c(F)cc2n2c(CN3CC4CNCC4C3)ccc12)c1ncccn1. The second-order valence-corrected chi connectivity index (χ2v) is 8.78. The number of likely N-dealkylation sites (tertiary alicyclic amines) is 1. The number of aromatic nitrogens is 4. The molecule has 174 valence electrons. The smallest absolute Gasteiger partial charge is 0.307 e. The van der Waals surface area contributed by atoms with Crippen molar-refractivity contribution in [2.75, 3.05) is 31.6 Å². The molecule has 34 heavy (non-hydrogen) atoms. The van der Waals surface area contributed by atoms with Gasteiger partial charge in [-0.05, 0) is 43.1 Å². The Morgan fingerprint density at radius 1 is 1.06 bits per heavy atom. The summed E-state index contributed by atoms with van der Waals surface area (Å²) in [4.78, 5) is 27.1. The van der Waals surface area contributed by atoms with Crippen molar-refractivity contribution in [3.63, 3.8) is 0 Å². The van der Waals surface area contributed by atoms with E-state index in [1.807, 2.05) is 16.5 Å². The quantitative estimate of drug-likeness (QED) is 0.389. The van der Waals surface area contributed by atoms with Crippen LogP contribution >= 0.6 is 0 Å². The van der Waals surface area contributed by atoms with Gasteiger partial charge >= 0.3 is 5.91 Å². The largest absolute Gasteiger partial charge is 0.316 e. The van der Waals surface area contributed by atoms with Gasteiger partial charge in [0, 0.05) is 49.9 Å². The molecule has 1 aromatic carbocycles. The molecule has 4 aromatic rings. The summed E-state index contributed by atoms with van der Waals surface area (Å²) in [5, 5.41) is 3.44. The van der Waals surface area contributed by atoms with Gasteiger partial charge in [0.2, 0.25) is 5.82 Å². The zero-order valence-corrected chi connectivity index (χ0v) is 18.1. The summed E-state index contributed by atoms with van der Waals surface area (Å²) in [6.07, 6.45) is 2.93. The lowest BCUT2D eigenvalue weighted by Crippen LogP contribution is -2.31. The number of carbonyl (C=O) groups excluding carboxylic acids is 1. The van der Waals surface area contributed by atoms with Crippen LogP contribution in [0, 0.1) is 23.5 Å². The number of fused-ring (bicyclic) bond motifs is 4. The summed E-state index contributed by atoms with van der Waals surface area (Å²) >= 11 is 0. The molecule has 5 heterocycles. The summed E-state index contributed by atoms with van der Waals surface area (Å²) in [5.41, 5.74) is 7.62. The predicted octanol–water partition coefficient (Wildman–Crippen LogP) is 1.96. The highest BCUT2D eigenvalue weighted by molar-refractivity contribution is 5.92. The van der Waals surface area contributed by atoms with Crippen LogP contribution in [0.5, 0.6) is 0 Å². The number of nitrogens with one attached hydrogen (secondary N) is 3. The molecule has 6 rings (SSSR count). The van der Waals surface area contributed by atoms with Gasteiger partial charge in [-0.25, -0.2) is 23.7 Å². The van der Waals surface area contributed by atoms with Crippen LogP contribution in [0.15, 0.2) is 42.7 Å². The maximum Gasteiger partial charge on any atom is 0.307 e. The number of benzene rings is 1. The van der Waals surface area contributed by atoms with Gasteiger partial charge in [-0.15, -0.1) is 0 Å². The molecule has 0 radical (unpaired) electrons. The van der Waals surface area contributed by atoms with E-state index in [1.54, 1.807) is 6.07 Å². The normalized spacial score (nSPS) is 20.2. The van der Waals surface area contributed by atoms with Crippen molar-refractivity contribution in [2.45, 2.75) is 6.54 Å². The lowest BCUT2D eigenvalue weighted by atomic mass is 10.0. The second-order valence-electron chi connectivity index (χ2n) is 8.78. The summed E-state index contributed by atoms with van der Waals surface area (Å²) < 4.78 is 30.1. The standard InChI is InChI=1S/C23H22F2N8O/c24-16-6-18-20(7-17(16)25)33-15(12-32-10-13-8-26-9-14(13)11-32)2-3-19(33)21(29-18)30-31-23(34)22-27-4-1-5-28-22/h1-7,13-14,26H,8-12H2,(H,29,30)(H,31,34). The molecule has 0 bridgehead atoms. The number of carbonyl (C=O) groups is 1. The molecule has 0 saturated carbocycles. The zero-order chi connectivity index (χ0) is 23.2. The minimum atomic E-state index is -0.986. The highest BCUT2D eigenvalue weighted by Gasteiger charge is 2.36. The third-order valence-electron chi connectivity index (χ3n) is 6.61. The van der Waals surface area contributed by atoms with E-state index in [0.717, 1.165) is 44.0 Å². The molecule has 2 saturated heterocycles. The van der Waals surface area contributed by atoms with Crippen LogP contribution in [0.25, 0.3) is 16.6 Å². The number of nitrogens with zero attached hydrogens (tertiary/aromatic N) is 5. The number of hydrogen-bond acceptors (Lipinski definition) is 7. The molecule has 1 amide bonds. The van der Waals surface area contributed by atoms with E-state index in [9.17, 15) is 13.6 Å². The average molecular weight is 464 g/mol. The molecule has 2 unspecified atom stereocenters. The molecule has 9 nitrogen and oxygen atoms in total. The third kappa shape index (κ3) is 3.62. The fourth-order valence-electron chi connectivity index (χ4n) is 5.03. The Labute approximate surface area is 193 Å². The van der Waals surface area contributed by atoms with Crippen LogP contribution in [0.4, 0.5) is 14.6 Å². The van der Waals surface area contributed by atoms with E-state index >= 15 is 0 Å². The number of hydrazine groups is 1. The molecule has 3 N–H and O–H groups in total. The first-order valence-corrected chi connectivity index (χ1v) is 11.1. The van der Waals surface area contributed by atoms with Gasteiger partial charge in [-0.2, -0.15) is 0 Å². The molecule has 3 aromatic heterocycles. The molecule has 2 atom stereocenters. The maximum atomic E-state index is 14.2. The Kier molecular flexibility index (Phi) is 5.07. The lowest BCUT2D eigenvalue weighted by Gasteiger charge is -2.18. The van der Waals surface area contributed by atoms with E-state index in [4.69, 9.17) is 0 Å². The predicted molar refractivity (Wildman–Crippen MR) is 121 cm³/mol. The minimum Gasteiger partial charge on any atom is -0.316 e. The number of rotatable bonds is 5. The summed E-state index contributed by atoms with van der Waals surface area (Å²) in [5.74, 6) is -0.892. The van der Waals surface area contributed by atoms with Crippen molar-refractivity contribution in [1.29, 1.82) is 0 Å². The maximum absolute atomic E-state index is 14.2. The van der Waals surface area contributed by atoms with Crippen molar-refractivity contribution in [3.8, 4) is 0 Å². The van der Waals surface area contributed by atoms with E-state index in [2.05, 4.69) is 36.0 Å². The Bertz CT molecular complexity index is 1380. The van der Waals surface area contributed by atoms with Gasteiger partial charge in [-0.1, -0.05) is 0 Å². The summed E-state index contributed by atoms with van der Waals surface area (Å²) in [6, 6.07) is 7.65. The van der Waals surface area contributed by atoms with Crippen LogP contribution < -0.4 is 16.2 Å². The molecule has 2 fully saturated rings. The van der Waals surface area contributed by atoms with E-state index in [0.29, 0.717) is 35.2 Å². The fraction of sp³-hybridized carbons (Fsp3) is 0.304. The Balaban J connectivity index is 1.36. The van der Waals surface area contributed by atoms with Gasteiger partial charge in [0.15, 0.2) is 17.5 Å². The third-order valence-corrected chi connectivity index (χ3v) is 6.61. The van der Waals surface area contributed by atoms with Gasteiger partial charge in [0.25, 0.3) is 0 Å². The summed E-state index contributed by atoms with van der Waals surface area (Å²) in [7, 11) is 0. The first-order valence-electron chi connectivity index (χ1n) is 11.1. The minimum absolute atomic E-state index is 0.00920. The van der Waals surface area contributed by atoms with Crippen molar-refractivity contribution in [3.05, 3.63) is 65.9 Å². The first-order chi connectivity index (χ1) is 16.6. The molecular formula is C23H22F2N8O. The Morgan fingerprint density at radius 3 is 2.56 bits per heavy atom. The van der Waals surface area contributed by atoms with E-state index in [1.165, 1.54) is 12.4 Å². The number of anilines is 1. The lowest BCUT2D eigenvalue weighted by molar-refractivity contribution is 0.0952. The van der Waals surface area contributed by atoms with E-state index < -0.39 is 17.5 Å². The van der Waals surface area contributed by atoms with Crippen LogP contribution in [-0.2, 0) is 6.54 Å². The molecule has 0 spiro atoms. The van der Waals surface area contributed by atoms with Crippen LogP contribution in [0.3, 0.4) is 0 Å². The Morgan fingerprint density at radius 2 is 1.79 bits per heavy atom. The van der Waals surface area contributed by atoms with Gasteiger partial charge in [0.1, 0.15) is 0 Å². The zero-order valence-electron chi connectivity index (χ0n) is 18.1. The number of halogens is 2. The number of hydrogen-bond donors (Lipinski definition) is 3. The monoisotopic (exact) mass is 464 g/mol. The van der Waals surface area contributed by atoms with Crippen molar-refractivity contribution in [2.24, 2.45) is 11.8 Å². The highest BCUT2D eigenvalue weighted by Crippen LogP contribution is 2.30. The topological polar surface area (TPSA) is 99.5 Å². The molecular weight excluding hydrogens is 442 g/mol. The van der Waals surface area contributed by atoms with Crippen LogP contribution in [0.1, 0.15) is 16.3 Å². The molecule has 0 aliphatic carbocycles. The van der Waals surface area contributed by atoms with Crippen molar-refractivity contribution in [1.82, 2.24) is 35.0 Å². The molecule has 2 aliphatic heterocycles. The van der Waals surface area contributed by atoms with Crippen molar-refractivity contribution < 1.29 is 13.6 Å². The van der Waals surface area contributed by atoms with Gasteiger partial charge in [0.05, 0.1) is 16.6 Å². The summed E-state index contributed by atoms with van der Waals surface area (Å²) in [6.45, 7) is 4.73.